The van der Waals surface area contributed by atoms with E-state index < -0.39 is 0 Å². The van der Waals surface area contributed by atoms with Gasteiger partial charge < -0.3 is 4.90 Å². The van der Waals surface area contributed by atoms with Gasteiger partial charge in [0.2, 0.25) is 0 Å². The molecule has 186 valence electrons. The maximum absolute atomic E-state index is 4.19. The van der Waals surface area contributed by atoms with Gasteiger partial charge in [-0.3, -0.25) is 4.99 Å². The fourth-order valence-electron chi connectivity index (χ4n) is 5.40. The molecule has 2 heteroatoms. The van der Waals surface area contributed by atoms with Crippen LogP contribution in [-0.2, 0) is 13.0 Å². The molecule has 0 saturated carbocycles. The second-order valence-corrected chi connectivity index (χ2v) is 9.25. The number of allylic oxidation sites excluding steroid dienone is 2. The number of nitrogens with zero attached hydrogens (tertiary/aromatic N) is 2. The number of anilines is 1. The van der Waals surface area contributed by atoms with Crippen LogP contribution < -0.4 is 4.90 Å². The molecule has 0 radical (unpaired) electrons. The van der Waals surface area contributed by atoms with E-state index >= 15 is 0 Å². The normalized spacial score (nSPS) is 11.7. The highest BCUT2D eigenvalue weighted by molar-refractivity contribution is 6.15. The number of para-hydroxylation sites is 1. The highest BCUT2D eigenvalue weighted by Gasteiger charge is 2.16. The zero-order valence-corrected chi connectivity index (χ0v) is 21.9. The number of hydrogen-bond acceptors (Lipinski definition) is 2. The Hall–Kier alpha value is -4.69. The Labute approximate surface area is 225 Å². The molecule has 0 N–H and O–H groups in total. The average Bonchev–Trinajstić information content (AvgIpc) is 2.98. The number of aryl methyl sites for hydroxylation is 1. The molecule has 38 heavy (non-hydrogen) atoms. The van der Waals surface area contributed by atoms with Crippen molar-refractivity contribution in [1.82, 2.24) is 0 Å². The van der Waals surface area contributed by atoms with Crippen LogP contribution in [0.4, 0.5) is 5.69 Å². The van der Waals surface area contributed by atoms with E-state index in [9.17, 15) is 0 Å². The molecule has 0 aliphatic heterocycles. The van der Waals surface area contributed by atoms with Gasteiger partial charge in [0.1, 0.15) is 0 Å². The first kappa shape index (κ1) is 25.0. The molecule has 0 heterocycles. The lowest BCUT2D eigenvalue weighted by molar-refractivity contribution is 0.923. The van der Waals surface area contributed by atoms with E-state index in [0.717, 1.165) is 17.8 Å². The van der Waals surface area contributed by atoms with Crippen LogP contribution in [0.3, 0.4) is 0 Å². The Morgan fingerprint density at radius 1 is 0.711 bits per heavy atom. The smallest absolute Gasteiger partial charge is 0.0853 e. The first-order valence-corrected chi connectivity index (χ1v) is 13.0. The molecule has 5 rings (SSSR count). The zero-order chi connectivity index (χ0) is 26.5. The van der Waals surface area contributed by atoms with Crippen molar-refractivity contribution in [3.05, 3.63) is 151 Å². The van der Waals surface area contributed by atoms with Crippen molar-refractivity contribution in [1.29, 1.82) is 0 Å². The van der Waals surface area contributed by atoms with Gasteiger partial charge in [-0.05, 0) is 81.2 Å². The Kier molecular flexibility index (Phi) is 7.33. The maximum atomic E-state index is 4.19. The van der Waals surface area contributed by atoms with E-state index in [2.05, 4.69) is 122 Å². The Morgan fingerprint density at radius 2 is 1.26 bits per heavy atom. The van der Waals surface area contributed by atoms with Crippen LogP contribution in [0.25, 0.3) is 32.7 Å². The summed E-state index contributed by atoms with van der Waals surface area (Å²) in [5, 5.41) is 5.26. The number of benzene rings is 5. The molecule has 5 aromatic carbocycles. The number of fused-ring (bicyclic) bond motifs is 2. The summed E-state index contributed by atoms with van der Waals surface area (Å²) in [4.78, 5) is 6.39. The van der Waals surface area contributed by atoms with E-state index in [1.54, 1.807) is 6.08 Å². The quantitative estimate of drug-likeness (QED) is 0.114. The number of aliphatic imine (C=N–C) groups is 1. The van der Waals surface area contributed by atoms with Crippen LogP contribution in [0.2, 0.25) is 0 Å². The minimum atomic E-state index is 0.661. The molecule has 0 unspecified atom stereocenters. The predicted molar refractivity (Wildman–Crippen MR) is 166 cm³/mol. The van der Waals surface area contributed by atoms with Crippen molar-refractivity contribution in [3.8, 4) is 11.1 Å². The molecular formula is C36H32N2. The lowest BCUT2D eigenvalue weighted by atomic mass is 9.87. The van der Waals surface area contributed by atoms with Crippen LogP contribution in [0.5, 0.6) is 0 Å². The minimum absolute atomic E-state index is 0.661. The average molecular weight is 493 g/mol. The van der Waals surface area contributed by atoms with Crippen molar-refractivity contribution in [2.45, 2.75) is 19.9 Å². The maximum Gasteiger partial charge on any atom is 0.0853 e. The Balaban J connectivity index is 1.61. The van der Waals surface area contributed by atoms with Gasteiger partial charge in [0.05, 0.1) is 11.4 Å². The van der Waals surface area contributed by atoms with Crippen LogP contribution >= 0.6 is 0 Å². The van der Waals surface area contributed by atoms with Crippen LogP contribution in [0, 0.1) is 0 Å². The molecule has 0 fully saturated rings. The second-order valence-electron chi connectivity index (χ2n) is 9.25. The van der Waals surface area contributed by atoms with Crippen molar-refractivity contribution < 1.29 is 0 Å². The molecule has 5 aromatic rings. The lowest BCUT2D eigenvalue weighted by Gasteiger charge is -2.27. The van der Waals surface area contributed by atoms with Gasteiger partial charge in [0, 0.05) is 12.2 Å². The predicted octanol–water partition coefficient (Wildman–Crippen LogP) is 9.51. The van der Waals surface area contributed by atoms with Gasteiger partial charge in [-0.15, -0.1) is 0 Å². The topological polar surface area (TPSA) is 15.6 Å². The fraction of sp³-hybridized carbons (Fsp3) is 0.0833. The monoisotopic (exact) mass is 492 g/mol. The van der Waals surface area contributed by atoms with E-state index in [1.165, 1.54) is 43.8 Å². The van der Waals surface area contributed by atoms with E-state index in [1.807, 2.05) is 24.3 Å². The summed E-state index contributed by atoms with van der Waals surface area (Å²) in [6.07, 6.45) is 4.54. The molecule has 0 aromatic heterocycles. The molecule has 0 aliphatic carbocycles. The standard InChI is InChI=1S/C36H32N2/c1-5-29-30-17-11-13-19-32(30)36(33-20-14-12-18-31(29)33)27-23-21-26(22-24-27)25-38(28-15-9-8-10-16-28)35(7-3)34(6-2)37-4/h6-24H,2-5,25H2,1H3/b35-34-. The summed E-state index contributed by atoms with van der Waals surface area (Å²) in [6, 6.07) is 36.8. The third-order valence-electron chi connectivity index (χ3n) is 7.16. The third-order valence-corrected chi connectivity index (χ3v) is 7.16. The summed E-state index contributed by atoms with van der Waals surface area (Å²) in [7, 11) is 0. The molecule has 0 atom stereocenters. The third kappa shape index (κ3) is 4.57. The second kappa shape index (κ2) is 11.1. The molecule has 0 aliphatic rings. The molecule has 0 saturated heterocycles. The van der Waals surface area contributed by atoms with Crippen LogP contribution in [0.15, 0.2) is 145 Å². The molecular weight excluding hydrogens is 460 g/mol. The summed E-state index contributed by atoms with van der Waals surface area (Å²) in [5.74, 6) is 0. The van der Waals surface area contributed by atoms with Gasteiger partial charge in [-0.25, -0.2) is 0 Å². The van der Waals surface area contributed by atoms with Gasteiger partial charge in [-0.1, -0.05) is 111 Å². The fourth-order valence-corrected chi connectivity index (χ4v) is 5.40. The molecule has 0 amide bonds. The molecule has 0 spiro atoms. The lowest BCUT2D eigenvalue weighted by Crippen LogP contribution is -2.22. The highest BCUT2D eigenvalue weighted by atomic mass is 15.1. The summed E-state index contributed by atoms with van der Waals surface area (Å²) in [5.41, 5.74) is 7.73. The largest absolute Gasteiger partial charge is 0.335 e. The minimum Gasteiger partial charge on any atom is -0.335 e. The van der Waals surface area contributed by atoms with Crippen molar-refractivity contribution in [2.24, 2.45) is 4.99 Å². The Morgan fingerprint density at radius 3 is 1.76 bits per heavy atom. The SMILES string of the molecule is C=C/C(N=C)=C(\C=C)N(Cc1ccc(-c2c3ccccc3c(CC)c3ccccc23)cc1)c1ccccc1. The van der Waals surface area contributed by atoms with E-state index in [4.69, 9.17) is 0 Å². The van der Waals surface area contributed by atoms with Gasteiger partial charge >= 0.3 is 0 Å². The van der Waals surface area contributed by atoms with Crippen molar-refractivity contribution in [2.75, 3.05) is 4.90 Å². The van der Waals surface area contributed by atoms with Crippen molar-refractivity contribution in [3.63, 3.8) is 0 Å². The number of hydrogen-bond donors (Lipinski definition) is 0. The van der Waals surface area contributed by atoms with E-state index in [0.29, 0.717) is 12.2 Å². The highest BCUT2D eigenvalue weighted by Crippen LogP contribution is 2.39. The van der Waals surface area contributed by atoms with Gasteiger partial charge in [0.25, 0.3) is 0 Å². The Bertz CT molecular complexity index is 1590. The van der Waals surface area contributed by atoms with Gasteiger partial charge in [0.15, 0.2) is 0 Å². The van der Waals surface area contributed by atoms with Crippen molar-refractivity contribution >= 4 is 33.9 Å². The summed E-state index contributed by atoms with van der Waals surface area (Å²) < 4.78 is 0. The van der Waals surface area contributed by atoms with E-state index in [-0.39, 0.29) is 0 Å². The number of rotatable bonds is 9. The first-order valence-electron chi connectivity index (χ1n) is 13.0. The van der Waals surface area contributed by atoms with Crippen LogP contribution in [0.1, 0.15) is 18.1 Å². The molecule has 0 bridgehead atoms. The van der Waals surface area contributed by atoms with Gasteiger partial charge in [-0.2, -0.15) is 0 Å². The summed E-state index contributed by atoms with van der Waals surface area (Å²) in [6.45, 7) is 14.6. The summed E-state index contributed by atoms with van der Waals surface area (Å²) >= 11 is 0. The first-order chi connectivity index (χ1) is 18.7. The molecule has 2 nitrogen and oxygen atoms in total. The van der Waals surface area contributed by atoms with Crippen LogP contribution in [-0.4, -0.2) is 6.72 Å². The zero-order valence-electron chi connectivity index (χ0n) is 21.9.